The van der Waals surface area contributed by atoms with Gasteiger partial charge in [0.05, 0.1) is 0 Å². The zero-order valence-electron chi connectivity index (χ0n) is 14.3. The maximum absolute atomic E-state index is 3.55. The van der Waals surface area contributed by atoms with Crippen molar-refractivity contribution in [1.29, 1.82) is 0 Å². The first-order valence-electron chi connectivity index (χ1n) is 9.23. The number of hydrogen-bond acceptors (Lipinski definition) is 1. The number of rotatable bonds is 8. The van der Waals surface area contributed by atoms with Crippen LogP contribution in [0.2, 0.25) is 0 Å². The summed E-state index contributed by atoms with van der Waals surface area (Å²) in [6.45, 7) is 4.52. The Bertz CT molecular complexity index is 590. The van der Waals surface area contributed by atoms with Crippen LogP contribution in [0.3, 0.4) is 0 Å². The van der Waals surface area contributed by atoms with Crippen molar-refractivity contribution in [3.63, 3.8) is 0 Å². The second kappa shape index (κ2) is 8.31. The van der Waals surface area contributed by atoms with E-state index in [0.717, 1.165) is 13.1 Å². The van der Waals surface area contributed by atoms with Crippen molar-refractivity contribution in [2.75, 3.05) is 13.1 Å². The van der Waals surface area contributed by atoms with Gasteiger partial charge in [-0.25, -0.2) is 0 Å². The second-order valence-corrected chi connectivity index (χ2v) is 6.75. The Morgan fingerprint density at radius 2 is 1.78 bits per heavy atom. The van der Waals surface area contributed by atoms with E-state index in [1.807, 2.05) is 0 Å². The predicted molar refractivity (Wildman–Crippen MR) is 99.1 cm³/mol. The van der Waals surface area contributed by atoms with Gasteiger partial charge in [-0.3, -0.25) is 0 Å². The van der Waals surface area contributed by atoms with Gasteiger partial charge in [-0.2, -0.15) is 0 Å². The molecule has 0 radical (unpaired) electrons. The average molecular weight is 307 g/mol. The zero-order chi connectivity index (χ0) is 15.9. The Morgan fingerprint density at radius 1 is 1.00 bits per heavy atom. The molecule has 0 heterocycles. The number of aryl methyl sites for hydroxylation is 1. The van der Waals surface area contributed by atoms with Crippen molar-refractivity contribution < 1.29 is 0 Å². The zero-order valence-corrected chi connectivity index (χ0v) is 14.3. The van der Waals surface area contributed by atoms with Crippen LogP contribution in [0.5, 0.6) is 0 Å². The Hall–Kier alpha value is -1.60. The van der Waals surface area contributed by atoms with Crippen LogP contribution in [0, 0.1) is 0 Å². The fourth-order valence-corrected chi connectivity index (χ4v) is 4.06. The van der Waals surface area contributed by atoms with Gasteiger partial charge in [0, 0.05) is 0 Å². The molecule has 0 aromatic heterocycles. The standard InChI is InChI=1S/C22H29N/c1-2-16-23-17-8-13-21(18-9-4-3-5-10-18)22-15-14-19-11-6-7-12-20(19)22/h3-7,9-12,21-23H,2,8,13-17H2,1H3. The molecule has 0 saturated heterocycles. The third-order valence-electron chi connectivity index (χ3n) is 5.19. The van der Waals surface area contributed by atoms with E-state index in [0.29, 0.717) is 11.8 Å². The first kappa shape index (κ1) is 16.3. The molecule has 1 aliphatic rings. The summed E-state index contributed by atoms with van der Waals surface area (Å²) in [4.78, 5) is 0. The molecule has 1 N–H and O–H groups in total. The molecule has 3 rings (SSSR count). The molecule has 0 amide bonds. The van der Waals surface area contributed by atoms with Crippen molar-refractivity contribution in [1.82, 2.24) is 5.32 Å². The van der Waals surface area contributed by atoms with E-state index in [1.165, 1.54) is 37.7 Å². The van der Waals surface area contributed by atoms with E-state index in [9.17, 15) is 0 Å². The number of fused-ring (bicyclic) bond motifs is 1. The highest BCUT2D eigenvalue weighted by Crippen LogP contribution is 2.44. The molecule has 2 aromatic rings. The molecule has 122 valence electrons. The lowest BCUT2D eigenvalue weighted by atomic mass is 9.79. The summed E-state index contributed by atoms with van der Waals surface area (Å²) in [6, 6.07) is 20.2. The van der Waals surface area contributed by atoms with Crippen LogP contribution < -0.4 is 5.32 Å². The van der Waals surface area contributed by atoms with Gasteiger partial charge in [-0.15, -0.1) is 0 Å². The predicted octanol–water partition coefficient (Wildman–Crippen LogP) is 5.28. The summed E-state index contributed by atoms with van der Waals surface area (Å²) in [5.41, 5.74) is 4.69. The monoisotopic (exact) mass is 307 g/mol. The topological polar surface area (TPSA) is 12.0 Å². The largest absolute Gasteiger partial charge is 0.317 e. The van der Waals surface area contributed by atoms with Crippen molar-refractivity contribution in [3.05, 3.63) is 71.3 Å². The molecular formula is C22H29N. The van der Waals surface area contributed by atoms with Crippen LogP contribution in [-0.2, 0) is 6.42 Å². The molecule has 2 unspecified atom stereocenters. The minimum Gasteiger partial charge on any atom is -0.317 e. The van der Waals surface area contributed by atoms with Gasteiger partial charge in [-0.1, -0.05) is 61.5 Å². The maximum atomic E-state index is 3.55. The SMILES string of the molecule is CCCNCCCC(c1ccccc1)C1CCc2ccccc21. The number of nitrogens with one attached hydrogen (secondary N) is 1. The van der Waals surface area contributed by atoms with Crippen LogP contribution in [0.4, 0.5) is 0 Å². The summed E-state index contributed by atoms with van der Waals surface area (Å²) in [7, 11) is 0. The Kier molecular flexibility index (Phi) is 5.87. The van der Waals surface area contributed by atoms with Gasteiger partial charge >= 0.3 is 0 Å². The van der Waals surface area contributed by atoms with Crippen molar-refractivity contribution in [3.8, 4) is 0 Å². The summed E-state index contributed by atoms with van der Waals surface area (Å²) < 4.78 is 0. The van der Waals surface area contributed by atoms with Gasteiger partial charge in [0.2, 0.25) is 0 Å². The fourth-order valence-electron chi connectivity index (χ4n) is 4.06. The molecule has 0 aliphatic heterocycles. The van der Waals surface area contributed by atoms with Gasteiger partial charge in [0.25, 0.3) is 0 Å². The van der Waals surface area contributed by atoms with Gasteiger partial charge < -0.3 is 5.32 Å². The quantitative estimate of drug-likeness (QED) is 0.654. The molecule has 1 aliphatic carbocycles. The van der Waals surface area contributed by atoms with E-state index < -0.39 is 0 Å². The summed E-state index contributed by atoms with van der Waals surface area (Å²) in [6.07, 6.45) is 6.32. The molecule has 0 fully saturated rings. The molecule has 0 spiro atoms. The van der Waals surface area contributed by atoms with Gasteiger partial charge in [-0.05, 0) is 73.7 Å². The van der Waals surface area contributed by atoms with Crippen LogP contribution in [0.15, 0.2) is 54.6 Å². The number of benzene rings is 2. The normalized spacial score (nSPS) is 17.9. The molecule has 23 heavy (non-hydrogen) atoms. The molecular weight excluding hydrogens is 278 g/mol. The summed E-state index contributed by atoms with van der Waals surface area (Å²) in [5, 5.41) is 3.55. The smallest absolute Gasteiger partial charge is 0.00487 e. The Labute approximate surface area is 141 Å². The van der Waals surface area contributed by atoms with Crippen LogP contribution in [-0.4, -0.2) is 13.1 Å². The molecule has 2 aromatic carbocycles. The summed E-state index contributed by atoms with van der Waals surface area (Å²) >= 11 is 0. The lowest BCUT2D eigenvalue weighted by molar-refractivity contribution is 0.476. The molecule has 2 atom stereocenters. The fraction of sp³-hybridized carbons (Fsp3) is 0.455. The molecule has 1 nitrogen and oxygen atoms in total. The van der Waals surface area contributed by atoms with E-state index in [2.05, 4.69) is 66.8 Å². The highest BCUT2D eigenvalue weighted by Gasteiger charge is 2.30. The van der Waals surface area contributed by atoms with Gasteiger partial charge in [0.1, 0.15) is 0 Å². The first-order chi connectivity index (χ1) is 11.4. The van der Waals surface area contributed by atoms with E-state index in [4.69, 9.17) is 0 Å². The van der Waals surface area contributed by atoms with Crippen LogP contribution in [0.25, 0.3) is 0 Å². The average Bonchev–Trinajstić information content (AvgIpc) is 3.03. The van der Waals surface area contributed by atoms with Crippen LogP contribution >= 0.6 is 0 Å². The lowest BCUT2D eigenvalue weighted by Gasteiger charge is -2.25. The third kappa shape index (κ3) is 4.03. The van der Waals surface area contributed by atoms with Crippen molar-refractivity contribution in [2.45, 2.75) is 50.9 Å². The lowest BCUT2D eigenvalue weighted by Crippen LogP contribution is -2.18. The molecule has 1 heteroatoms. The third-order valence-corrected chi connectivity index (χ3v) is 5.19. The van der Waals surface area contributed by atoms with Crippen molar-refractivity contribution >= 4 is 0 Å². The Balaban J connectivity index is 1.74. The van der Waals surface area contributed by atoms with E-state index in [1.54, 1.807) is 11.1 Å². The highest BCUT2D eigenvalue weighted by molar-refractivity contribution is 5.38. The van der Waals surface area contributed by atoms with Crippen LogP contribution in [0.1, 0.15) is 61.1 Å². The summed E-state index contributed by atoms with van der Waals surface area (Å²) in [5.74, 6) is 1.35. The number of hydrogen-bond donors (Lipinski definition) is 1. The minimum atomic E-state index is 0.656. The maximum Gasteiger partial charge on any atom is -0.00487 e. The molecule has 0 saturated carbocycles. The van der Waals surface area contributed by atoms with Crippen molar-refractivity contribution in [2.24, 2.45) is 0 Å². The van der Waals surface area contributed by atoms with Gasteiger partial charge in [0.15, 0.2) is 0 Å². The first-order valence-corrected chi connectivity index (χ1v) is 9.23. The minimum absolute atomic E-state index is 0.656. The Morgan fingerprint density at radius 3 is 2.61 bits per heavy atom. The second-order valence-electron chi connectivity index (χ2n) is 6.75. The molecule has 0 bridgehead atoms. The van der Waals surface area contributed by atoms with E-state index in [-0.39, 0.29) is 0 Å². The van der Waals surface area contributed by atoms with E-state index >= 15 is 0 Å². The highest BCUT2D eigenvalue weighted by atomic mass is 14.8.